The van der Waals surface area contributed by atoms with Crippen LogP contribution in [0.5, 0.6) is 0 Å². The maximum atomic E-state index is 12.6. The molecule has 0 atom stereocenters. The summed E-state index contributed by atoms with van der Waals surface area (Å²) in [7, 11) is 0. The van der Waals surface area contributed by atoms with Gasteiger partial charge in [-0.2, -0.15) is 0 Å². The van der Waals surface area contributed by atoms with Gasteiger partial charge in [0.15, 0.2) is 0 Å². The van der Waals surface area contributed by atoms with Crippen molar-refractivity contribution in [2.24, 2.45) is 0 Å². The van der Waals surface area contributed by atoms with Gasteiger partial charge in [-0.05, 0) is 57.6 Å². The van der Waals surface area contributed by atoms with Gasteiger partial charge in [-0.3, -0.25) is 14.9 Å². The van der Waals surface area contributed by atoms with Crippen molar-refractivity contribution in [3.8, 4) is 0 Å². The Morgan fingerprint density at radius 3 is 2.40 bits per heavy atom. The number of benzene rings is 1. The third-order valence-corrected chi connectivity index (χ3v) is 5.47. The fraction of sp³-hybridized carbons (Fsp3) is 0.619. The predicted octanol–water partition coefficient (Wildman–Crippen LogP) is 2.86. The summed E-state index contributed by atoms with van der Waals surface area (Å²) in [5.74, 6) is -0.0112. The highest BCUT2D eigenvalue weighted by Crippen LogP contribution is 2.27. The molecule has 1 aromatic rings. The third kappa shape index (κ3) is 5.91. The van der Waals surface area contributed by atoms with Gasteiger partial charge >= 0.3 is 6.09 Å². The van der Waals surface area contributed by atoms with Crippen LogP contribution < -0.4 is 10.6 Å². The third-order valence-electron chi connectivity index (χ3n) is 5.47. The van der Waals surface area contributed by atoms with Gasteiger partial charge in [-0.25, -0.2) is 4.79 Å². The maximum Gasteiger partial charge on any atom is 0.407 e. The van der Waals surface area contributed by atoms with Crippen LogP contribution in [0.1, 0.15) is 57.6 Å². The molecule has 9 heteroatoms. The summed E-state index contributed by atoms with van der Waals surface area (Å²) in [6.07, 6.45) is 3.04. The highest BCUT2D eigenvalue weighted by Gasteiger charge is 2.27. The van der Waals surface area contributed by atoms with Crippen LogP contribution in [0.15, 0.2) is 18.2 Å². The molecule has 1 aromatic carbocycles. The Hall–Kier alpha value is -2.68. The zero-order chi connectivity index (χ0) is 21.9. The lowest BCUT2D eigenvalue weighted by Gasteiger charge is -2.30. The lowest BCUT2D eigenvalue weighted by molar-refractivity contribution is -0.384. The number of hydrogen-bond acceptors (Lipinski definition) is 6. The second-order valence-electron chi connectivity index (χ2n) is 9.04. The number of ether oxygens (including phenoxy) is 1. The van der Waals surface area contributed by atoms with Gasteiger partial charge in [-0.1, -0.05) is 6.07 Å². The lowest BCUT2D eigenvalue weighted by Crippen LogP contribution is -2.45. The number of nitro groups is 1. The molecule has 1 aliphatic heterocycles. The Labute approximate surface area is 176 Å². The van der Waals surface area contributed by atoms with E-state index < -0.39 is 10.5 Å². The van der Waals surface area contributed by atoms with Crippen LogP contribution in [0.3, 0.4) is 0 Å². The number of nitrogens with zero attached hydrogens (tertiary/aromatic N) is 2. The maximum absolute atomic E-state index is 12.6. The fourth-order valence-electron chi connectivity index (χ4n) is 3.93. The molecule has 0 radical (unpaired) electrons. The molecule has 1 heterocycles. The summed E-state index contributed by atoms with van der Waals surface area (Å²) in [4.78, 5) is 36.7. The SMILES string of the molecule is CC(C)(C)OC(=O)NC1CCC(NCC(=O)N2Cc3ccc([N+](=O)[O-])cc3C2)CC1. The smallest absolute Gasteiger partial charge is 0.407 e. The Morgan fingerprint density at radius 1 is 1.13 bits per heavy atom. The highest BCUT2D eigenvalue weighted by molar-refractivity contribution is 5.79. The first-order valence-electron chi connectivity index (χ1n) is 10.4. The Balaban J connectivity index is 1.39. The molecule has 0 bridgehead atoms. The van der Waals surface area contributed by atoms with Crippen molar-refractivity contribution in [1.29, 1.82) is 0 Å². The van der Waals surface area contributed by atoms with Crippen molar-refractivity contribution in [3.05, 3.63) is 39.4 Å². The van der Waals surface area contributed by atoms with Crippen LogP contribution in [0.4, 0.5) is 10.5 Å². The number of carbonyl (C=O) groups is 2. The molecule has 3 rings (SSSR count). The molecule has 2 N–H and O–H groups in total. The first kappa shape index (κ1) is 22.0. The van der Waals surface area contributed by atoms with Gasteiger partial charge in [-0.15, -0.1) is 0 Å². The lowest BCUT2D eigenvalue weighted by atomic mass is 9.91. The summed E-state index contributed by atoms with van der Waals surface area (Å²) < 4.78 is 5.30. The fourth-order valence-corrected chi connectivity index (χ4v) is 3.93. The topological polar surface area (TPSA) is 114 Å². The monoisotopic (exact) mass is 418 g/mol. The highest BCUT2D eigenvalue weighted by atomic mass is 16.6. The first-order valence-corrected chi connectivity index (χ1v) is 10.4. The van der Waals surface area contributed by atoms with E-state index in [2.05, 4.69) is 10.6 Å². The van der Waals surface area contributed by atoms with Crippen LogP contribution in [0.25, 0.3) is 0 Å². The zero-order valence-corrected chi connectivity index (χ0v) is 17.8. The van der Waals surface area contributed by atoms with Gasteiger partial charge in [0.2, 0.25) is 5.91 Å². The number of hydrogen-bond donors (Lipinski definition) is 2. The van der Waals surface area contributed by atoms with Crippen molar-refractivity contribution in [3.63, 3.8) is 0 Å². The number of amides is 2. The molecular weight excluding hydrogens is 388 g/mol. The molecule has 1 saturated carbocycles. The van der Waals surface area contributed by atoms with Crippen LogP contribution in [-0.4, -0.2) is 46.1 Å². The van der Waals surface area contributed by atoms with Crippen molar-refractivity contribution < 1.29 is 19.2 Å². The Morgan fingerprint density at radius 2 is 1.77 bits per heavy atom. The van der Waals surface area contributed by atoms with Gasteiger partial charge in [0.25, 0.3) is 5.69 Å². The molecule has 9 nitrogen and oxygen atoms in total. The number of non-ortho nitro benzene ring substituents is 1. The molecule has 2 aliphatic rings. The average Bonchev–Trinajstić information content (AvgIpc) is 3.09. The van der Waals surface area contributed by atoms with E-state index in [0.29, 0.717) is 13.1 Å². The molecule has 1 fully saturated rings. The van der Waals surface area contributed by atoms with Crippen LogP contribution >= 0.6 is 0 Å². The molecule has 0 unspecified atom stereocenters. The van der Waals surface area contributed by atoms with E-state index in [0.717, 1.165) is 36.8 Å². The molecule has 1 aliphatic carbocycles. The molecule has 2 amide bonds. The van der Waals surface area contributed by atoms with E-state index >= 15 is 0 Å². The summed E-state index contributed by atoms with van der Waals surface area (Å²) in [6.45, 7) is 6.65. The number of nitro benzene ring substituents is 1. The van der Waals surface area contributed by atoms with E-state index in [9.17, 15) is 19.7 Å². The molecular formula is C21H30N4O5. The van der Waals surface area contributed by atoms with Crippen molar-refractivity contribution >= 4 is 17.7 Å². The van der Waals surface area contributed by atoms with Gasteiger partial charge in [0, 0.05) is 37.3 Å². The Bertz CT molecular complexity index is 812. The van der Waals surface area contributed by atoms with Crippen LogP contribution in [0, 0.1) is 10.1 Å². The first-order chi connectivity index (χ1) is 14.1. The van der Waals surface area contributed by atoms with E-state index in [1.807, 2.05) is 20.8 Å². The average molecular weight is 418 g/mol. The Kier molecular flexibility index (Phi) is 6.60. The molecule has 0 spiro atoms. The molecule has 0 saturated heterocycles. The molecule has 30 heavy (non-hydrogen) atoms. The molecule has 164 valence electrons. The largest absolute Gasteiger partial charge is 0.444 e. The minimum absolute atomic E-state index is 0.0112. The second-order valence-corrected chi connectivity index (χ2v) is 9.04. The van der Waals surface area contributed by atoms with Gasteiger partial charge in [0.05, 0.1) is 11.5 Å². The van der Waals surface area contributed by atoms with Crippen molar-refractivity contribution in [1.82, 2.24) is 15.5 Å². The summed E-state index contributed by atoms with van der Waals surface area (Å²) in [5.41, 5.74) is 1.34. The van der Waals surface area contributed by atoms with Crippen molar-refractivity contribution in [2.45, 2.75) is 77.2 Å². The van der Waals surface area contributed by atoms with Crippen LogP contribution in [0.2, 0.25) is 0 Å². The van der Waals surface area contributed by atoms with E-state index in [4.69, 9.17) is 4.74 Å². The van der Waals surface area contributed by atoms with E-state index in [-0.39, 0.29) is 36.3 Å². The number of rotatable bonds is 5. The van der Waals surface area contributed by atoms with Crippen LogP contribution in [-0.2, 0) is 22.6 Å². The number of fused-ring (bicyclic) bond motifs is 1. The van der Waals surface area contributed by atoms with Crippen molar-refractivity contribution in [2.75, 3.05) is 6.54 Å². The zero-order valence-electron chi connectivity index (χ0n) is 17.8. The second kappa shape index (κ2) is 8.99. The summed E-state index contributed by atoms with van der Waals surface area (Å²) >= 11 is 0. The van der Waals surface area contributed by atoms with E-state index in [1.165, 1.54) is 6.07 Å². The van der Waals surface area contributed by atoms with Gasteiger partial charge < -0.3 is 20.3 Å². The number of nitrogens with one attached hydrogen (secondary N) is 2. The normalized spacial score (nSPS) is 21.1. The minimum Gasteiger partial charge on any atom is -0.444 e. The number of alkyl carbamates (subject to hydrolysis) is 1. The minimum atomic E-state index is -0.511. The number of carbonyl (C=O) groups excluding carboxylic acids is 2. The summed E-state index contributed by atoms with van der Waals surface area (Å²) in [6, 6.07) is 5.09. The quantitative estimate of drug-likeness (QED) is 0.561. The standard InChI is InChI=1S/C21H30N4O5/c1-21(2,3)30-20(27)23-17-7-5-16(6-8-17)22-11-19(26)24-12-14-4-9-18(25(28)29)10-15(14)13-24/h4,9-10,16-17,22H,5-8,11-13H2,1-3H3,(H,23,27). The van der Waals surface area contributed by atoms with E-state index in [1.54, 1.807) is 17.0 Å². The summed E-state index contributed by atoms with van der Waals surface area (Å²) in [5, 5.41) is 17.2. The van der Waals surface area contributed by atoms with Gasteiger partial charge in [0.1, 0.15) is 5.60 Å². The molecule has 0 aromatic heterocycles. The predicted molar refractivity (Wildman–Crippen MR) is 111 cm³/mol.